The summed E-state index contributed by atoms with van der Waals surface area (Å²) in [6.45, 7) is 2.78. The third kappa shape index (κ3) is 5.15. The predicted octanol–water partition coefficient (Wildman–Crippen LogP) is 4.99. The third-order valence-corrected chi connectivity index (χ3v) is 6.09. The number of carbonyl (C=O) groups excluding carboxylic acids is 1. The van der Waals surface area contributed by atoms with Crippen molar-refractivity contribution in [3.05, 3.63) is 90.0 Å². The number of hydrogen-bond acceptors (Lipinski definition) is 3. The van der Waals surface area contributed by atoms with Gasteiger partial charge in [-0.15, -0.1) is 0 Å². The minimum atomic E-state index is -0.0197. The van der Waals surface area contributed by atoms with Crippen molar-refractivity contribution in [3.63, 3.8) is 0 Å². The molecule has 4 heteroatoms. The largest absolute Gasteiger partial charge is 0.378 e. The Hall–Kier alpha value is -3.11. The molecule has 0 aliphatic carbocycles. The highest BCUT2D eigenvalue weighted by molar-refractivity contribution is 5.94. The van der Waals surface area contributed by atoms with Gasteiger partial charge in [-0.25, -0.2) is 0 Å². The topological polar surface area (TPSA) is 35.6 Å². The maximum Gasteiger partial charge on any atom is 0.251 e. The van der Waals surface area contributed by atoms with Crippen LogP contribution in [0.25, 0.3) is 11.1 Å². The summed E-state index contributed by atoms with van der Waals surface area (Å²) in [5.41, 5.74) is 5.42. The maximum atomic E-state index is 12.9. The van der Waals surface area contributed by atoms with Gasteiger partial charge in [0.2, 0.25) is 0 Å². The molecule has 4 rings (SSSR count). The van der Waals surface area contributed by atoms with Crippen LogP contribution in [0.3, 0.4) is 0 Å². The van der Waals surface area contributed by atoms with Crippen molar-refractivity contribution in [1.29, 1.82) is 0 Å². The Labute approximate surface area is 185 Å². The third-order valence-electron chi connectivity index (χ3n) is 6.09. The summed E-state index contributed by atoms with van der Waals surface area (Å²) in [7, 11) is 4.10. The van der Waals surface area contributed by atoms with Crippen LogP contribution in [0.4, 0.5) is 5.69 Å². The molecule has 31 heavy (non-hydrogen) atoms. The van der Waals surface area contributed by atoms with E-state index in [-0.39, 0.29) is 11.9 Å². The van der Waals surface area contributed by atoms with E-state index in [4.69, 9.17) is 0 Å². The highest BCUT2D eigenvalue weighted by atomic mass is 16.1. The Morgan fingerprint density at radius 2 is 1.48 bits per heavy atom. The lowest BCUT2D eigenvalue weighted by Crippen LogP contribution is -2.36. The lowest BCUT2D eigenvalue weighted by Gasteiger charge is -2.28. The number of nitrogens with one attached hydrogen (secondary N) is 1. The fraction of sp³-hybridized carbons (Fsp3) is 0.296. The molecule has 1 amide bonds. The molecule has 0 radical (unpaired) electrons. The summed E-state index contributed by atoms with van der Waals surface area (Å²) in [4.78, 5) is 17.4. The SMILES string of the molecule is CN(C)c1ccc([C@H](CNC(=O)c2ccc(-c3ccccc3)cc2)N2CCCC2)cc1. The lowest BCUT2D eigenvalue weighted by atomic mass is 10.0. The van der Waals surface area contributed by atoms with Crippen LogP contribution >= 0.6 is 0 Å². The minimum Gasteiger partial charge on any atom is -0.378 e. The summed E-state index contributed by atoms with van der Waals surface area (Å²) in [5, 5.41) is 3.18. The van der Waals surface area contributed by atoms with Gasteiger partial charge >= 0.3 is 0 Å². The molecule has 1 atom stereocenters. The molecular weight excluding hydrogens is 382 g/mol. The first-order valence-electron chi connectivity index (χ1n) is 11.1. The van der Waals surface area contributed by atoms with Crippen LogP contribution in [0.1, 0.15) is 34.8 Å². The molecule has 1 aliphatic rings. The molecule has 1 fully saturated rings. The first-order valence-corrected chi connectivity index (χ1v) is 11.1. The van der Waals surface area contributed by atoms with Gasteiger partial charge in [-0.2, -0.15) is 0 Å². The van der Waals surface area contributed by atoms with Crippen LogP contribution in [0.2, 0.25) is 0 Å². The van der Waals surface area contributed by atoms with E-state index in [1.165, 1.54) is 24.1 Å². The molecule has 1 heterocycles. The van der Waals surface area contributed by atoms with E-state index in [1.54, 1.807) is 0 Å². The van der Waals surface area contributed by atoms with Gasteiger partial charge in [0.05, 0.1) is 6.04 Å². The number of carbonyl (C=O) groups is 1. The van der Waals surface area contributed by atoms with E-state index < -0.39 is 0 Å². The number of nitrogens with zero attached hydrogens (tertiary/aromatic N) is 2. The number of hydrogen-bond donors (Lipinski definition) is 1. The van der Waals surface area contributed by atoms with Crippen molar-refractivity contribution >= 4 is 11.6 Å². The summed E-state index contributed by atoms with van der Waals surface area (Å²) in [6, 6.07) is 27.0. The second-order valence-electron chi connectivity index (χ2n) is 8.40. The van der Waals surface area contributed by atoms with Gasteiger partial charge in [-0.05, 0) is 66.9 Å². The minimum absolute atomic E-state index is 0.0197. The molecule has 3 aromatic carbocycles. The Bertz CT molecular complexity index is 975. The Morgan fingerprint density at radius 1 is 0.871 bits per heavy atom. The zero-order valence-corrected chi connectivity index (χ0v) is 18.4. The average molecular weight is 414 g/mol. The number of amides is 1. The molecule has 0 aromatic heterocycles. The van der Waals surface area contributed by atoms with Crippen LogP contribution in [0.5, 0.6) is 0 Å². The van der Waals surface area contributed by atoms with E-state index in [0.717, 1.165) is 24.2 Å². The average Bonchev–Trinajstić information content (AvgIpc) is 3.35. The number of rotatable bonds is 7. The van der Waals surface area contributed by atoms with E-state index in [0.29, 0.717) is 12.1 Å². The molecule has 1 aliphatic heterocycles. The summed E-state index contributed by atoms with van der Waals surface area (Å²) >= 11 is 0. The summed E-state index contributed by atoms with van der Waals surface area (Å²) in [6.07, 6.45) is 2.45. The lowest BCUT2D eigenvalue weighted by molar-refractivity contribution is 0.0938. The molecule has 0 bridgehead atoms. The second kappa shape index (κ2) is 9.80. The molecule has 160 valence electrons. The highest BCUT2D eigenvalue weighted by Crippen LogP contribution is 2.26. The molecule has 3 aromatic rings. The van der Waals surface area contributed by atoms with E-state index in [9.17, 15) is 4.79 Å². The second-order valence-corrected chi connectivity index (χ2v) is 8.40. The predicted molar refractivity (Wildman–Crippen MR) is 129 cm³/mol. The Morgan fingerprint density at radius 3 is 2.10 bits per heavy atom. The smallest absolute Gasteiger partial charge is 0.251 e. The maximum absolute atomic E-state index is 12.9. The van der Waals surface area contributed by atoms with Crippen molar-refractivity contribution in [2.45, 2.75) is 18.9 Å². The number of anilines is 1. The molecule has 1 saturated heterocycles. The van der Waals surface area contributed by atoms with E-state index >= 15 is 0 Å². The van der Waals surface area contributed by atoms with Gasteiger partial charge in [0, 0.05) is 31.9 Å². The zero-order chi connectivity index (χ0) is 21.6. The van der Waals surface area contributed by atoms with Crippen LogP contribution in [-0.2, 0) is 0 Å². The van der Waals surface area contributed by atoms with Gasteiger partial charge in [-0.1, -0.05) is 54.6 Å². The highest BCUT2D eigenvalue weighted by Gasteiger charge is 2.24. The summed E-state index contributed by atoms with van der Waals surface area (Å²) < 4.78 is 0. The van der Waals surface area contributed by atoms with Crippen LogP contribution in [-0.4, -0.2) is 44.5 Å². The fourth-order valence-electron chi connectivity index (χ4n) is 4.24. The van der Waals surface area contributed by atoms with Crippen LogP contribution < -0.4 is 10.2 Å². The Kier molecular flexibility index (Phi) is 6.68. The van der Waals surface area contributed by atoms with Gasteiger partial charge in [0.25, 0.3) is 5.91 Å². The monoisotopic (exact) mass is 413 g/mol. The quantitative estimate of drug-likeness (QED) is 0.593. The fourth-order valence-corrected chi connectivity index (χ4v) is 4.24. The van der Waals surface area contributed by atoms with Gasteiger partial charge in [0.15, 0.2) is 0 Å². The normalized spacial score (nSPS) is 14.9. The summed E-state index contributed by atoms with van der Waals surface area (Å²) in [5.74, 6) is -0.0197. The standard InChI is InChI=1S/C27H31N3O/c1-29(2)25-16-14-23(15-17-25)26(30-18-6-7-19-30)20-28-27(31)24-12-10-22(11-13-24)21-8-4-3-5-9-21/h3-5,8-17,26H,6-7,18-20H2,1-2H3,(H,28,31)/t26-/m0/s1. The molecule has 1 N–H and O–H groups in total. The van der Waals surface area contributed by atoms with Crippen molar-refractivity contribution in [2.24, 2.45) is 0 Å². The van der Waals surface area contributed by atoms with Crippen molar-refractivity contribution < 1.29 is 4.79 Å². The molecular formula is C27H31N3O. The molecule has 0 saturated carbocycles. The van der Waals surface area contributed by atoms with Crippen LogP contribution in [0, 0.1) is 0 Å². The number of likely N-dealkylation sites (tertiary alicyclic amines) is 1. The van der Waals surface area contributed by atoms with Crippen molar-refractivity contribution in [3.8, 4) is 11.1 Å². The Balaban J connectivity index is 1.44. The number of benzene rings is 3. The molecule has 4 nitrogen and oxygen atoms in total. The molecule has 0 unspecified atom stereocenters. The van der Waals surface area contributed by atoms with E-state index in [2.05, 4.69) is 65.6 Å². The molecule has 0 spiro atoms. The first kappa shape index (κ1) is 21.1. The first-order chi connectivity index (χ1) is 15.1. The van der Waals surface area contributed by atoms with Gasteiger partial charge in [-0.3, -0.25) is 9.69 Å². The van der Waals surface area contributed by atoms with Crippen molar-refractivity contribution in [2.75, 3.05) is 38.6 Å². The van der Waals surface area contributed by atoms with Crippen molar-refractivity contribution in [1.82, 2.24) is 10.2 Å². The zero-order valence-electron chi connectivity index (χ0n) is 18.4. The van der Waals surface area contributed by atoms with E-state index in [1.807, 2.05) is 42.5 Å². The van der Waals surface area contributed by atoms with Gasteiger partial charge < -0.3 is 10.2 Å². The van der Waals surface area contributed by atoms with Gasteiger partial charge in [0.1, 0.15) is 0 Å². The van der Waals surface area contributed by atoms with Crippen LogP contribution in [0.15, 0.2) is 78.9 Å².